The van der Waals surface area contributed by atoms with Crippen LogP contribution in [-0.2, 0) is 6.42 Å². The highest BCUT2D eigenvalue weighted by Gasteiger charge is 2.10. The molecule has 1 aromatic heterocycles. The van der Waals surface area contributed by atoms with Gasteiger partial charge in [-0.15, -0.1) is 11.3 Å². The van der Waals surface area contributed by atoms with Gasteiger partial charge in [-0.05, 0) is 28.4 Å². The SMILES string of the molecule is CCc1sc(C(=O)CN)cc1Br. The summed E-state index contributed by atoms with van der Waals surface area (Å²) in [6.07, 6.45) is 0.948. The van der Waals surface area contributed by atoms with Crippen LogP contribution < -0.4 is 5.73 Å². The van der Waals surface area contributed by atoms with Crippen molar-refractivity contribution in [2.45, 2.75) is 13.3 Å². The van der Waals surface area contributed by atoms with E-state index in [0.29, 0.717) is 0 Å². The van der Waals surface area contributed by atoms with E-state index in [1.807, 2.05) is 6.07 Å². The van der Waals surface area contributed by atoms with Crippen LogP contribution in [0.5, 0.6) is 0 Å². The van der Waals surface area contributed by atoms with Gasteiger partial charge in [0.05, 0.1) is 11.4 Å². The van der Waals surface area contributed by atoms with Crippen molar-refractivity contribution < 1.29 is 4.79 Å². The largest absolute Gasteiger partial charge is 0.324 e. The molecule has 1 heterocycles. The highest BCUT2D eigenvalue weighted by atomic mass is 79.9. The van der Waals surface area contributed by atoms with Gasteiger partial charge in [0, 0.05) is 9.35 Å². The van der Waals surface area contributed by atoms with E-state index in [-0.39, 0.29) is 12.3 Å². The van der Waals surface area contributed by atoms with Gasteiger partial charge in [0.2, 0.25) is 0 Å². The van der Waals surface area contributed by atoms with Gasteiger partial charge in [0.15, 0.2) is 5.78 Å². The molecule has 0 spiro atoms. The number of aryl methyl sites for hydroxylation is 1. The normalized spacial score (nSPS) is 10.2. The molecule has 66 valence electrons. The Kier molecular flexibility index (Phi) is 3.43. The van der Waals surface area contributed by atoms with Gasteiger partial charge in [-0.25, -0.2) is 0 Å². The zero-order valence-corrected chi connectivity index (χ0v) is 9.17. The number of thiophene rings is 1. The van der Waals surface area contributed by atoms with Crippen LogP contribution in [0.3, 0.4) is 0 Å². The third-order valence-corrected chi connectivity index (χ3v) is 3.83. The van der Waals surface area contributed by atoms with Gasteiger partial charge in [-0.2, -0.15) is 0 Å². The first-order chi connectivity index (χ1) is 5.69. The van der Waals surface area contributed by atoms with Gasteiger partial charge in [-0.3, -0.25) is 4.79 Å². The van der Waals surface area contributed by atoms with Gasteiger partial charge >= 0.3 is 0 Å². The fourth-order valence-electron chi connectivity index (χ4n) is 0.886. The Bertz CT molecular complexity index is 295. The average molecular weight is 248 g/mol. The molecule has 0 aromatic carbocycles. The summed E-state index contributed by atoms with van der Waals surface area (Å²) in [7, 11) is 0. The zero-order valence-electron chi connectivity index (χ0n) is 6.76. The summed E-state index contributed by atoms with van der Waals surface area (Å²) in [6, 6.07) is 1.85. The summed E-state index contributed by atoms with van der Waals surface area (Å²) < 4.78 is 1.02. The Morgan fingerprint density at radius 1 is 1.75 bits per heavy atom. The number of Topliss-reactive ketones (excluding diaryl/α,β-unsaturated/α-hetero) is 1. The summed E-state index contributed by atoms with van der Waals surface area (Å²) in [5.41, 5.74) is 5.25. The number of ketones is 1. The molecule has 2 nitrogen and oxygen atoms in total. The van der Waals surface area contributed by atoms with E-state index >= 15 is 0 Å². The Morgan fingerprint density at radius 3 is 2.83 bits per heavy atom. The first-order valence-corrected chi connectivity index (χ1v) is 5.31. The molecule has 0 bridgehead atoms. The maximum absolute atomic E-state index is 11.2. The minimum atomic E-state index is 0.0143. The molecule has 0 saturated carbocycles. The van der Waals surface area contributed by atoms with E-state index in [1.54, 1.807) is 0 Å². The smallest absolute Gasteiger partial charge is 0.186 e. The molecule has 0 unspecified atom stereocenters. The van der Waals surface area contributed by atoms with E-state index in [1.165, 1.54) is 16.2 Å². The van der Waals surface area contributed by atoms with Crippen LogP contribution >= 0.6 is 27.3 Å². The molecule has 0 radical (unpaired) electrons. The zero-order chi connectivity index (χ0) is 9.14. The fourth-order valence-corrected chi connectivity index (χ4v) is 2.73. The topological polar surface area (TPSA) is 43.1 Å². The Balaban J connectivity index is 2.96. The number of hydrogen-bond acceptors (Lipinski definition) is 3. The van der Waals surface area contributed by atoms with Crippen LogP contribution in [0, 0.1) is 0 Å². The summed E-state index contributed by atoms with van der Waals surface area (Å²) in [6.45, 7) is 2.16. The average Bonchev–Trinajstić information content (AvgIpc) is 2.45. The molecule has 0 aliphatic heterocycles. The van der Waals surface area contributed by atoms with Crippen molar-refractivity contribution in [3.8, 4) is 0 Å². The van der Waals surface area contributed by atoms with Crippen LogP contribution in [0.25, 0.3) is 0 Å². The first kappa shape index (κ1) is 9.89. The van der Waals surface area contributed by atoms with E-state index in [4.69, 9.17) is 5.73 Å². The molecule has 0 aliphatic carbocycles. The van der Waals surface area contributed by atoms with Crippen LogP contribution in [-0.4, -0.2) is 12.3 Å². The summed E-state index contributed by atoms with van der Waals surface area (Å²) >= 11 is 4.91. The Hall–Kier alpha value is -0.190. The molecule has 0 fully saturated rings. The molecule has 4 heteroatoms. The molecule has 1 rings (SSSR count). The van der Waals surface area contributed by atoms with E-state index in [2.05, 4.69) is 22.9 Å². The number of nitrogens with two attached hydrogens (primary N) is 1. The van der Waals surface area contributed by atoms with Gasteiger partial charge in [-0.1, -0.05) is 6.92 Å². The van der Waals surface area contributed by atoms with Crippen molar-refractivity contribution in [1.82, 2.24) is 0 Å². The van der Waals surface area contributed by atoms with E-state index < -0.39 is 0 Å². The lowest BCUT2D eigenvalue weighted by molar-refractivity contribution is 0.100. The second-order valence-corrected chi connectivity index (χ2v) is 4.35. The molecule has 2 N–H and O–H groups in total. The summed E-state index contributed by atoms with van der Waals surface area (Å²) in [5, 5.41) is 0. The number of rotatable bonds is 3. The van der Waals surface area contributed by atoms with Crippen molar-refractivity contribution >= 4 is 33.0 Å². The van der Waals surface area contributed by atoms with Crippen LogP contribution in [0.15, 0.2) is 10.5 Å². The maximum atomic E-state index is 11.2. The van der Waals surface area contributed by atoms with Gasteiger partial charge in [0.25, 0.3) is 0 Å². The van der Waals surface area contributed by atoms with E-state index in [0.717, 1.165) is 15.8 Å². The van der Waals surface area contributed by atoms with Gasteiger partial charge < -0.3 is 5.73 Å². The van der Waals surface area contributed by atoms with Crippen molar-refractivity contribution in [2.75, 3.05) is 6.54 Å². The Morgan fingerprint density at radius 2 is 2.42 bits per heavy atom. The maximum Gasteiger partial charge on any atom is 0.186 e. The predicted octanol–water partition coefficient (Wildman–Crippen LogP) is 2.21. The molecule has 0 atom stereocenters. The standard InChI is InChI=1S/C8H10BrNOS/c1-2-7-5(9)3-8(12-7)6(11)4-10/h3H,2,4,10H2,1H3. The molecule has 0 amide bonds. The lowest BCUT2D eigenvalue weighted by atomic mass is 10.3. The number of halogens is 1. The Labute approximate surface area is 83.9 Å². The predicted molar refractivity (Wildman–Crippen MR) is 54.8 cm³/mol. The monoisotopic (exact) mass is 247 g/mol. The third-order valence-electron chi connectivity index (χ3n) is 1.54. The molecular weight excluding hydrogens is 238 g/mol. The van der Waals surface area contributed by atoms with Crippen LogP contribution in [0.4, 0.5) is 0 Å². The van der Waals surface area contributed by atoms with Crippen LogP contribution in [0.1, 0.15) is 21.5 Å². The highest BCUT2D eigenvalue weighted by molar-refractivity contribution is 9.10. The van der Waals surface area contributed by atoms with Crippen molar-refractivity contribution in [3.05, 3.63) is 20.3 Å². The van der Waals surface area contributed by atoms with Crippen LogP contribution in [0.2, 0.25) is 0 Å². The molecule has 1 aromatic rings. The molecule has 0 aliphatic rings. The minimum Gasteiger partial charge on any atom is -0.324 e. The van der Waals surface area contributed by atoms with Gasteiger partial charge in [0.1, 0.15) is 0 Å². The second-order valence-electron chi connectivity index (χ2n) is 2.36. The number of hydrogen-bond donors (Lipinski definition) is 1. The lowest BCUT2D eigenvalue weighted by Gasteiger charge is -1.88. The minimum absolute atomic E-state index is 0.0143. The number of carbonyl (C=O) groups is 1. The molecule has 12 heavy (non-hydrogen) atoms. The van der Waals surface area contributed by atoms with Crippen molar-refractivity contribution in [1.29, 1.82) is 0 Å². The highest BCUT2D eigenvalue weighted by Crippen LogP contribution is 2.27. The first-order valence-electron chi connectivity index (χ1n) is 3.70. The van der Waals surface area contributed by atoms with E-state index in [9.17, 15) is 4.79 Å². The fraction of sp³-hybridized carbons (Fsp3) is 0.375. The van der Waals surface area contributed by atoms with Crippen molar-refractivity contribution in [3.63, 3.8) is 0 Å². The summed E-state index contributed by atoms with van der Waals surface area (Å²) in [5.74, 6) is 0.0143. The molecule has 0 saturated heterocycles. The third kappa shape index (κ3) is 1.94. The lowest BCUT2D eigenvalue weighted by Crippen LogP contribution is -2.11. The summed E-state index contributed by atoms with van der Waals surface area (Å²) in [4.78, 5) is 13.1. The van der Waals surface area contributed by atoms with Crippen molar-refractivity contribution in [2.24, 2.45) is 5.73 Å². The number of carbonyl (C=O) groups excluding carboxylic acids is 1. The molecular formula is C8H10BrNOS. The second kappa shape index (κ2) is 4.16. The quantitative estimate of drug-likeness (QED) is 0.833.